The number of aryl methyl sites for hydroxylation is 1. The normalized spacial score (nSPS) is 15.0. The lowest BCUT2D eigenvalue weighted by Gasteiger charge is -2.32. The molecule has 0 unspecified atom stereocenters. The molecule has 0 saturated heterocycles. The molecule has 3 rings (SSSR count). The summed E-state index contributed by atoms with van der Waals surface area (Å²) in [6.45, 7) is 6.14. The van der Waals surface area contributed by atoms with Crippen molar-refractivity contribution in [2.75, 3.05) is 17.8 Å². The zero-order chi connectivity index (χ0) is 18.2. The van der Waals surface area contributed by atoms with Gasteiger partial charge in [0.25, 0.3) is 0 Å². The van der Waals surface area contributed by atoms with Crippen molar-refractivity contribution in [1.82, 2.24) is 0 Å². The minimum absolute atomic E-state index is 0.0472. The second-order valence-electron chi connectivity index (χ2n) is 6.90. The van der Waals surface area contributed by atoms with E-state index in [9.17, 15) is 4.79 Å². The summed E-state index contributed by atoms with van der Waals surface area (Å²) in [7, 11) is 1.72. The van der Waals surface area contributed by atoms with Gasteiger partial charge in [-0.3, -0.25) is 4.79 Å². The number of alkyl halides is 1. The lowest BCUT2D eigenvalue weighted by Crippen LogP contribution is -2.30. The van der Waals surface area contributed by atoms with Crippen LogP contribution >= 0.6 is 11.6 Å². The van der Waals surface area contributed by atoms with E-state index in [0.717, 1.165) is 28.1 Å². The van der Waals surface area contributed by atoms with Crippen molar-refractivity contribution >= 4 is 28.8 Å². The van der Waals surface area contributed by atoms with Crippen LogP contribution in [0, 0.1) is 6.92 Å². The van der Waals surface area contributed by atoms with E-state index in [1.54, 1.807) is 11.9 Å². The standard InChI is InChI=1S/C21H22ClNO2/c1-14-5-7-15(8-6-14)18-12-21(2,3)25-19-11-16(9-10-17(18)19)23(4)20(24)13-22/h5-12H,13H2,1-4H3. The molecule has 0 spiro atoms. The van der Waals surface area contributed by atoms with Gasteiger partial charge in [0.1, 0.15) is 17.2 Å². The molecule has 0 aromatic heterocycles. The Bertz CT molecular complexity index is 837. The van der Waals surface area contributed by atoms with Gasteiger partial charge in [0, 0.05) is 24.4 Å². The van der Waals surface area contributed by atoms with Gasteiger partial charge >= 0.3 is 0 Å². The molecule has 2 aromatic rings. The Hall–Kier alpha value is -2.26. The van der Waals surface area contributed by atoms with Crippen LogP contribution in [0.4, 0.5) is 5.69 Å². The molecule has 0 aliphatic carbocycles. The molecule has 1 aliphatic heterocycles. The van der Waals surface area contributed by atoms with Crippen LogP contribution in [0.1, 0.15) is 30.5 Å². The number of ether oxygens (including phenoxy) is 1. The van der Waals surface area contributed by atoms with Crippen molar-refractivity contribution in [1.29, 1.82) is 0 Å². The van der Waals surface area contributed by atoms with E-state index in [2.05, 4.69) is 37.3 Å². The quantitative estimate of drug-likeness (QED) is 0.740. The summed E-state index contributed by atoms with van der Waals surface area (Å²) in [5.74, 6) is 0.579. The van der Waals surface area contributed by atoms with Crippen LogP contribution in [-0.4, -0.2) is 24.4 Å². The Morgan fingerprint density at radius 3 is 2.48 bits per heavy atom. The van der Waals surface area contributed by atoms with E-state index in [1.807, 2.05) is 32.0 Å². The van der Waals surface area contributed by atoms with Crippen LogP contribution in [0.3, 0.4) is 0 Å². The molecule has 4 heteroatoms. The van der Waals surface area contributed by atoms with Gasteiger partial charge in [-0.2, -0.15) is 0 Å². The highest BCUT2D eigenvalue weighted by Crippen LogP contribution is 2.41. The highest BCUT2D eigenvalue weighted by molar-refractivity contribution is 6.29. The van der Waals surface area contributed by atoms with Crippen molar-refractivity contribution in [2.45, 2.75) is 26.4 Å². The minimum Gasteiger partial charge on any atom is -0.483 e. The Balaban J connectivity index is 2.07. The highest BCUT2D eigenvalue weighted by atomic mass is 35.5. The molecule has 1 aliphatic rings. The van der Waals surface area contributed by atoms with Crippen molar-refractivity contribution in [3.8, 4) is 5.75 Å². The lowest BCUT2D eigenvalue weighted by molar-refractivity contribution is -0.116. The molecular formula is C21H22ClNO2. The average molecular weight is 356 g/mol. The number of carbonyl (C=O) groups is 1. The molecule has 1 amide bonds. The fourth-order valence-corrected chi connectivity index (χ4v) is 3.15. The zero-order valence-corrected chi connectivity index (χ0v) is 15.7. The first-order valence-electron chi connectivity index (χ1n) is 8.26. The Kier molecular flexibility index (Phi) is 4.61. The lowest BCUT2D eigenvalue weighted by atomic mass is 9.89. The van der Waals surface area contributed by atoms with Gasteiger partial charge in [0.05, 0.1) is 0 Å². The third-order valence-corrected chi connectivity index (χ3v) is 4.59. The predicted octanol–water partition coefficient (Wildman–Crippen LogP) is 4.80. The molecule has 3 nitrogen and oxygen atoms in total. The number of hydrogen-bond donors (Lipinski definition) is 0. The van der Waals surface area contributed by atoms with E-state index in [0.29, 0.717) is 0 Å². The van der Waals surface area contributed by atoms with Crippen LogP contribution < -0.4 is 9.64 Å². The van der Waals surface area contributed by atoms with Crippen molar-refractivity contribution < 1.29 is 9.53 Å². The monoisotopic (exact) mass is 355 g/mol. The second-order valence-corrected chi connectivity index (χ2v) is 7.16. The smallest absolute Gasteiger partial charge is 0.241 e. The number of anilines is 1. The van der Waals surface area contributed by atoms with Crippen LogP contribution in [0.2, 0.25) is 0 Å². The predicted molar refractivity (Wildman–Crippen MR) is 104 cm³/mol. The molecule has 0 fully saturated rings. The summed E-state index contributed by atoms with van der Waals surface area (Å²) in [5.41, 5.74) is 4.89. The molecule has 0 saturated carbocycles. The van der Waals surface area contributed by atoms with Gasteiger partial charge < -0.3 is 9.64 Å². The van der Waals surface area contributed by atoms with Crippen LogP contribution in [-0.2, 0) is 4.79 Å². The molecule has 1 heterocycles. The topological polar surface area (TPSA) is 29.5 Å². The van der Waals surface area contributed by atoms with Crippen molar-refractivity contribution in [2.24, 2.45) is 0 Å². The summed E-state index contributed by atoms with van der Waals surface area (Å²) in [6, 6.07) is 14.3. The number of amides is 1. The Morgan fingerprint density at radius 2 is 1.84 bits per heavy atom. The van der Waals surface area contributed by atoms with E-state index in [-0.39, 0.29) is 11.8 Å². The Morgan fingerprint density at radius 1 is 1.16 bits per heavy atom. The summed E-state index contributed by atoms with van der Waals surface area (Å²) in [5, 5.41) is 0. The van der Waals surface area contributed by atoms with E-state index < -0.39 is 5.60 Å². The van der Waals surface area contributed by atoms with Crippen molar-refractivity contribution in [3.63, 3.8) is 0 Å². The minimum atomic E-state index is -0.430. The second kappa shape index (κ2) is 6.57. The number of rotatable bonds is 3. The van der Waals surface area contributed by atoms with Gasteiger partial charge in [-0.25, -0.2) is 0 Å². The fourth-order valence-electron chi connectivity index (χ4n) is 2.97. The van der Waals surface area contributed by atoms with Gasteiger partial charge in [-0.15, -0.1) is 11.6 Å². The summed E-state index contributed by atoms with van der Waals surface area (Å²) < 4.78 is 6.15. The molecule has 2 aromatic carbocycles. The number of carbonyl (C=O) groups excluding carboxylic acids is 1. The van der Waals surface area contributed by atoms with Gasteiger partial charge in [-0.05, 0) is 50.1 Å². The van der Waals surface area contributed by atoms with E-state index in [4.69, 9.17) is 16.3 Å². The van der Waals surface area contributed by atoms with E-state index >= 15 is 0 Å². The first-order valence-corrected chi connectivity index (χ1v) is 8.80. The molecule has 0 N–H and O–H groups in total. The number of halogens is 1. The highest BCUT2D eigenvalue weighted by Gasteiger charge is 2.28. The van der Waals surface area contributed by atoms with Crippen LogP contribution in [0.5, 0.6) is 5.75 Å². The van der Waals surface area contributed by atoms with E-state index in [1.165, 1.54) is 5.56 Å². The van der Waals surface area contributed by atoms with Crippen LogP contribution in [0.25, 0.3) is 5.57 Å². The molecule has 0 radical (unpaired) electrons. The third-order valence-electron chi connectivity index (χ3n) is 4.36. The maximum absolute atomic E-state index is 11.9. The molecule has 0 bridgehead atoms. The fraction of sp³-hybridized carbons (Fsp3) is 0.286. The zero-order valence-electron chi connectivity index (χ0n) is 15.0. The molecular weight excluding hydrogens is 334 g/mol. The van der Waals surface area contributed by atoms with Gasteiger partial charge in [0.15, 0.2) is 0 Å². The maximum atomic E-state index is 11.9. The summed E-state index contributed by atoms with van der Waals surface area (Å²) in [6.07, 6.45) is 2.15. The summed E-state index contributed by atoms with van der Waals surface area (Å²) in [4.78, 5) is 13.4. The molecule has 130 valence electrons. The third kappa shape index (κ3) is 3.57. The average Bonchev–Trinajstić information content (AvgIpc) is 2.59. The molecule has 0 atom stereocenters. The van der Waals surface area contributed by atoms with Gasteiger partial charge in [0.2, 0.25) is 5.91 Å². The van der Waals surface area contributed by atoms with Crippen LogP contribution in [0.15, 0.2) is 48.5 Å². The largest absolute Gasteiger partial charge is 0.483 e. The maximum Gasteiger partial charge on any atom is 0.241 e. The summed E-state index contributed by atoms with van der Waals surface area (Å²) >= 11 is 5.67. The number of nitrogens with zero attached hydrogens (tertiary/aromatic N) is 1. The van der Waals surface area contributed by atoms with Gasteiger partial charge in [-0.1, -0.05) is 29.8 Å². The first kappa shape index (κ1) is 17.6. The first-order chi connectivity index (χ1) is 11.8. The SMILES string of the molecule is Cc1ccc(C2=CC(C)(C)Oc3cc(N(C)C(=O)CCl)ccc32)cc1. The molecule has 25 heavy (non-hydrogen) atoms. The number of hydrogen-bond acceptors (Lipinski definition) is 2. The Labute approximate surface area is 153 Å². The van der Waals surface area contributed by atoms with Crippen molar-refractivity contribution in [3.05, 3.63) is 65.2 Å². The number of fused-ring (bicyclic) bond motifs is 1. The number of benzene rings is 2.